The summed E-state index contributed by atoms with van der Waals surface area (Å²) < 4.78 is 5.58. The zero-order chi connectivity index (χ0) is 21.9. The highest BCUT2D eigenvalue weighted by molar-refractivity contribution is 7.15. The summed E-state index contributed by atoms with van der Waals surface area (Å²) in [6.45, 7) is 2.78. The molecule has 0 radical (unpaired) electrons. The molecule has 0 aliphatic heterocycles. The molecule has 0 aliphatic carbocycles. The number of rotatable bonds is 6. The standard InChI is InChI=1S/C27H22N2O2S/c1-19-28-25(26(32-19)21-10-3-2-4-11-21)27(30)29(18-23-14-8-16-31-23)17-22-13-7-12-20-9-5-6-15-24(20)22/h2-16H,17-18H2,1H3. The third-order valence-electron chi connectivity index (χ3n) is 5.43. The number of carbonyl (C=O) groups is 1. The lowest BCUT2D eigenvalue weighted by Gasteiger charge is -2.22. The molecule has 0 saturated heterocycles. The van der Waals surface area contributed by atoms with Crippen molar-refractivity contribution in [2.24, 2.45) is 0 Å². The third kappa shape index (κ3) is 4.07. The van der Waals surface area contributed by atoms with Crippen molar-refractivity contribution in [2.75, 3.05) is 0 Å². The molecule has 0 aliphatic rings. The summed E-state index contributed by atoms with van der Waals surface area (Å²) in [4.78, 5) is 21.2. The fourth-order valence-corrected chi connectivity index (χ4v) is 4.85. The minimum atomic E-state index is -0.0995. The van der Waals surface area contributed by atoms with Crippen molar-refractivity contribution in [3.05, 3.63) is 113 Å². The normalized spacial score (nSPS) is 11.0. The van der Waals surface area contributed by atoms with Crippen molar-refractivity contribution in [1.82, 2.24) is 9.88 Å². The SMILES string of the molecule is Cc1nc(C(=O)N(Cc2ccco2)Cc2cccc3ccccc23)c(-c2ccccc2)s1. The molecule has 0 N–H and O–H groups in total. The number of fused-ring (bicyclic) bond motifs is 1. The lowest BCUT2D eigenvalue weighted by atomic mass is 10.0. The Balaban J connectivity index is 1.55. The van der Waals surface area contributed by atoms with Crippen LogP contribution in [0.3, 0.4) is 0 Å². The fraction of sp³-hybridized carbons (Fsp3) is 0.111. The number of aromatic nitrogens is 1. The molecule has 0 unspecified atom stereocenters. The van der Waals surface area contributed by atoms with E-state index in [2.05, 4.69) is 29.2 Å². The van der Waals surface area contributed by atoms with E-state index in [1.165, 1.54) is 0 Å². The molecule has 2 heterocycles. The van der Waals surface area contributed by atoms with Gasteiger partial charge in [0.2, 0.25) is 0 Å². The molecule has 2 aromatic heterocycles. The smallest absolute Gasteiger partial charge is 0.274 e. The van der Waals surface area contributed by atoms with Crippen molar-refractivity contribution in [2.45, 2.75) is 20.0 Å². The topological polar surface area (TPSA) is 46.3 Å². The Labute approximate surface area is 190 Å². The summed E-state index contributed by atoms with van der Waals surface area (Å²) in [5, 5.41) is 3.17. The summed E-state index contributed by atoms with van der Waals surface area (Å²) in [6, 6.07) is 28.2. The lowest BCUT2D eigenvalue weighted by molar-refractivity contribution is 0.0714. The van der Waals surface area contributed by atoms with Gasteiger partial charge in [-0.2, -0.15) is 0 Å². The minimum absolute atomic E-state index is 0.0995. The van der Waals surface area contributed by atoms with Gasteiger partial charge in [-0.05, 0) is 41.0 Å². The number of furan rings is 1. The van der Waals surface area contributed by atoms with Gasteiger partial charge in [-0.3, -0.25) is 4.79 Å². The molecule has 0 bridgehead atoms. The van der Waals surface area contributed by atoms with E-state index >= 15 is 0 Å². The molecule has 4 nitrogen and oxygen atoms in total. The molecule has 0 spiro atoms. The number of hydrogen-bond donors (Lipinski definition) is 0. The van der Waals surface area contributed by atoms with E-state index in [1.54, 1.807) is 17.6 Å². The molecule has 5 rings (SSSR count). The summed E-state index contributed by atoms with van der Waals surface area (Å²) in [7, 11) is 0. The van der Waals surface area contributed by atoms with Gasteiger partial charge < -0.3 is 9.32 Å². The third-order valence-corrected chi connectivity index (χ3v) is 6.45. The maximum Gasteiger partial charge on any atom is 0.274 e. The van der Waals surface area contributed by atoms with Crippen molar-refractivity contribution in [3.8, 4) is 10.4 Å². The summed E-state index contributed by atoms with van der Waals surface area (Å²) >= 11 is 1.55. The van der Waals surface area contributed by atoms with E-state index in [-0.39, 0.29) is 5.91 Å². The van der Waals surface area contributed by atoms with Crippen molar-refractivity contribution >= 4 is 28.0 Å². The van der Waals surface area contributed by atoms with Crippen LogP contribution in [0.25, 0.3) is 21.2 Å². The first-order valence-electron chi connectivity index (χ1n) is 10.5. The second kappa shape index (κ2) is 8.81. The number of amides is 1. The number of carbonyl (C=O) groups excluding carboxylic acids is 1. The molecule has 5 aromatic rings. The van der Waals surface area contributed by atoms with Crippen LogP contribution in [0.4, 0.5) is 0 Å². The van der Waals surface area contributed by atoms with Gasteiger partial charge in [0.25, 0.3) is 5.91 Å². The van der Waals surface area contributed by atoms with Gasteiger partial charge in [0.1, 0.15) is 11.5 Å². The average Bonchev–Trinajstić information content (AvgIpc) is 3.48. The predicted molar refractivity (Wildman–Crippen MR) is 129 cm³/mol. The van der Waals surface area contributed by atoms with E-state index in [4.69, 9.17) is 4.42 Å². The van der Waals surface area contributed by atoms with Crippen LogP contribution in [0, 0.1) is 6.92 Å². The summed E-state index contributed by atoms with van der Waals surface area (Å²) in [5.74, 6) is 0.643. The maximum absolute atomic E-state index is 13.8. The highest BCUT2D eigenvalue weighted by Crippen LogP contribution is 2.32. The van der Waals surface area contributed by atoms with E-state index in [0.29, 0.717) is 18.8 Å². The van der Waals surface area contributed by atoms with Crippen LogP contribution in [0.5, 0.6) is 0 Å². The Morgan fingerprint density at radius 1 is 0.906 bits per heavy atom. The van der Waals surface area contributed by atoms with Gasteiger partial charge in [0.15, 0.2) is 0 Å². The lowest BCUT2D eigenvalue weighted by Crippen LogP contribution is -2.30. The Hall–Kier alpha value is -3.70. The monoisotopic (exact) mass is 438 g/mol. The Morgan fingerprint density at radius 2 is 1.69 bits per heavy atom. The predicted octanol–water partition coefficient (Wildman–Crippen LogP) is 6.71. The Kier molecular flexibility index (Phi) is 5.57. The van der Waals surface area contributed by atoms with Gasteiger partial charge in [0, 0.05) is 6.54 Å². The second-order valence-electron chi connectivity index (χ2n) is 7.66. The van der Waals surface area contributed by atoms with Crippen LogP contribution in [0.1, 0.15) is 26.8 Å². The number of nitrogens with zero attached hydrogens (tertiary/aromatic N) is 2. The number of benzene rings is 3. The largest absolute Gasteiger partial charge is 0.467 e. The molecule has 32 heavy (non-hydrogen) atoms. The van der Waals surface area contributed by atoms with Crippen molar-refractivity contribution in [1.29, 1.82) is 0 Å². The van der Waals surface area contributed by atoms with Crippen LogP contribution in [0.15, 0.2) is 95.6 Å². The highest BCUT2D eigenvalue weighted by Gasteiger charge is 2.25. The average molecular weight is 439 g/mol. The van der Waals surface area contributed by atoms with E-state index in [0.717, 1.165) is 37.5 Å². The number of hydrogen-bond acceptors (Lipinski definition) is 4. The quantitative estimate of drug-likeness (QED) is 0.296. The molecule has 5 heteroatoms. The van der Waals surface area contributed by atoms with Gasteiger partial charge >= 0.3 is 0 Å². The molecule has 1 amide bonds. The van der Waals surface area contributed by atoms with Gasteiger partial charge in [-0.15, -0.1) is 11.3 Å². The molecular weight excluding hydrogens is 416 g/mol. The van der Waals surface area contributed by atoms with E-state index in [1.807, 2.05) is 72.5 Å². The van der Waals surface area contributed by atoms with Gasteiger partial charge in [0.05, 0.1) is 22.7 Å². The molecule has 158 valence electrons. The van der Waals surface area contributed by atoms with Crippen LogP contribution >= 0.6 is 11.3 Å². The first-order valence-corrected chi connectivity index (χ1v) is 11.3. The minimum Gasteiger partial charge on any atom is -0.467 e. The number of aryl methyl sites for hydroxylation is 1. The highest BCUT2D eigenvalue weighted by atomic mass is 32.1. The van der Waals surface area contributed by atoms with E-state index < -0.39 is 0 Å². The van der Waals surface area contributed by atoms with Gasteiger partial charge in [-0.1, -0.05) is 72.8 Å². The number of thiazole rings is 1. The van der Waals surface area contributed by atoms with Gasteiger partial charge in [-0.25, -0.2) is 4.98 Å². The molecule has 0 saturated carbocycles. The van der Waals surface area contributed by atoms with Crippen molar-refractivity contribution in [3.63, 3.8) is 0 Å². The van der Waals surface area contributed by atoms with Crippen LogP contribution < -0.4 is 0 Å². The van der Waals surface area contributed by atoms with Crippen LogP contribution in [-0.2, 0) is 13.1 Å². The first kappa shape index (κ1) is 20.2. The molecule has 3 aromatic carbocycles. The van der Waals surface area contributed by atoms with E-state index in [9.17, 15) is 4.79 Å². The Bertz CT molecular complexity index is 1350. The van der Waals surface area contributed by atoms with Crippen LogP contribution in [0.2, 0.25) is 0 Å². The zero-order valence-corrected chi connectivity index (χ0v) is 18.5. The molecule has 0 fully saturated rings. The van der Waals surface area contributed by atoms with Crippen molar-refractivity contribution < 1.29 is 9.21 Å². The zero-order valence-electron chi connectivity index (χ0n) is 17.7. The molecular formula is C27H22N2O2S. The maximum atomic E-state index is 13.8. The van der Waals surface area contributed by atoms with Crippen LogP contribution in [-0.4, -0.2) is 15.8 Å². The summed E-state index contributed by atoms with van der Waals surface area (Å²) in [6.07, 6.45) is 1.64. The first-order chi connectivity index (χ1) is 15.7. The fourth-order valence-electron chi connectivity index (χ4n) is 3.93. The molecule has 0 atom stereocenters. The Morgan fingerprint density at radius 3 is 2.50 bits per heavy atom. The second-order valence-corrected chi connectivity index (χ2v) is 8.86. The summed E-state index contributed by atoms with van der Waals surface area (Å²) in [5.41, 5.74) is 2.59.